The largest absolute Gasteiger partial charge is 0.461 e. The van der Waals surface area contributed by atoms with Gasteiger partial charge in [-0.2, -0.15) is 5.10 Å². The number of benzene rings is 1. The molecule has 2 rings (SSSR count). The smallest absolute Gasteiger partial charge is 0.354 e. The van der Waals surface area contributed by atoms with E-state index in [2.05, 4.69) is 21.0 Å². The van der Waals surface area contributed by atoms with Crippen LogP contribution in [0, 0.1) is 0 Å². The molecule has 0 fully saturated rings. The van der Waals surface area contributed by atoms with Gasteiger partial charge in [0.2, 0.25) is 0 Å². The Morgan fingerprint density at radius 1 is 1.38 bits per heavy atom. The molecule has 0 saturated heterocycles. The molecule has 0 bridgehead atoms. The zero-order chi connectivity index (χ0) is 15.1. The second kappa shape index (κ2) is 8.17. The van der Waals surface area contributed by atoms with E-state index >= 15 is 0 Å². The van der Waals surface area contributed by atoms with Crippen LogP contribution >= 0.6 is 15.9 Å². The van der Waals surface area contributed by atoms with Crippen LogP contribution in [0.4, 0.5) is 5.69 Å². The van der Waals surface area contributed by atoms with E-state index < -0.39 is 0 Å². The number of hydrazone groups is 1. The van der Waals surface area contributed by atoms with Gasteiger partial charge in [0, 0.05) is 11.8 Å². The zero-order valence-corrected chi connectivity index (χ0v) is 13.9. The number of nitrogens with zero attached hydrogens (tertiary/aromatic N) is 2. The average Bonchev–Trinajstić information content (AvgIpc) is 2.93. The molecular formula is C16H21BrN2O2. The number of hydrogen-bond acceptors (Lipinski definition) is 4. The van der Waals surface area contributed by atoms with Crippen LogP contribution < -0.4 is 5.01 Å². The maximum absolute atomic E-state index is 11.9. The van der Waals surface area contributed by atoms with Gasteiger partial charge in [-0.1, -0.05) is 40.5 Å². The molecule has 1 aromatic carbocycles. The Morgan fingerprint density at radius 2 is 2.14 bits per heavy atom. The summed E-state index contributed by atoms with van der Waals surface area (Å²) in [7, 11) is 0. The fraction of sp³-hybridized carbons (Fsp3) is 0.500. The van der Waals surface area contributed by atoms with Gasteiger partial charge in [-0.05, 0) is 31.9 Å². The van der Waals surface area contributed by atoms with Crippen molar-refractivity contribution in [3.05, 3.63) is 30.3 Å². The third-order valence-corrected chi connectivity index (χ3v) is 4.02. The molecule has 1 aliphatic rings. The Balaban J connectivity index is 2.12. The minimum atomic E-state index is -0.290. The summed E-state index contributed by atoms with van der Waals surface area (Å²) < 4.78 is 5.08. The lowest BCUT2D eigenvalue weighted by atomic mass is 10.0. The maximum Gasteiger partial charge on any atom is 0.354 e. The van der Waals surface area contributed by atoms with Crippen molar-refractivity contribution in [3.8, 4) is 0 Å². The predicted molar refractivity (Wildman–Crippen MR) is 89.0 cm³/mol. The molecule has 114 valence electrons. The van der Waals surface area contributed by atoms with Crippen LogP contribution in [0.1, 0.15) is 32.6 Å². The fourth-order valence-electron chi connectivity index (χ4n) is 2.45. The van der Waals surface area contributed by atoms with Gasteiger partial charge in [0.1, 0.15) is 5.71 Å². The van der Waals surface area contributed by atoms with Gasteiger partial charge in [0.15, 0.2) is 0 Å². The Hall–Kier alpha value is -1.36. The van der Waals surface area contributed by atoms with Gasteiger partial charge in [-0.25, -0.2) is 4.79 Å². The quantitative estimate of drug-likeness (QED) is 0.426. The first-order valence-electron chi connectivity index (χ1n) is 7.41. The normalized spacial score (nSPS) is 17.7. The van der Waals surface area contributed by atoms with Gasteiger partial charge in [0.25, 0.3) is 0 Å². The van der Waals surface area contributed by atoms with Crippen LogP contribution in [0.2, 0.25) is 0 Å². The minimum Gasteiger partial charge on any atom is -0.461 e. The monoisotopic (exact) mass is 352 g/mol. The molecule has 21 heavy (non-hydrogen) atoms. The number of para-hydroxylation sites is 1. The summed E-state index contributed by atoms with van der Waals surface area (Å²) in [6.07, 6.45) is 3.93. The third-order valence-electron chi connectivity index (χ3n) is 3.46. The molecule has 0 aromatic heterocycles. The molecule has 0 saturated carbocycles. The summed E-state index contributed by atoms with van der Waals surface area (Å²) in [5.74, 6) is -0.290. The van der Waals surface area contributed by atoms with Crippen molar-refractivity contribution in [2.75, 3.05) is 16.9 Å². The standard InChI is InChI=1S/C16H21BrN2O2/c1-2-21-16(20)15-12-14(10-6-7-11-17)19(18-15)13-8-4-3-5-9-13/h3-5,8-9,14H,2,6-7,10-12H2,1H3. The number of ether oxygens (including phenoxy) is 1. The predicted octanol–water partition coefficient (Wildman–Crippen LogP) is 3.75. The van der Waals surface area contributed by atoms with Crippen molar-refractivity contribution in [2.24, 2.45) is 5.10 Å². The van der Waals surface area contributed by atoms with Gasteiger partial charge < -0.3 is 4.74 Å². The van der Waals surface area contributed by atoms with Gasteiger partial charge in [-0.3, -0.25) is 5.01 Å². The van der Waals surface area contributed by atoms with Crippen molar-refractivity contribution in [1.29, 1.82) is 0 Å². The van der Waals surface area contributed by atoms with Crippen molar-refractivity contribution in [2.45, 2.75) is 38.6 Å². The first-order valence-corrected chi connectivity index (χ1v) is 8.53. The molecule has 4 nitrogen and oxygen atoms in total. The van der Waals surface area contributed by atoms with E-state index in [1.165, 1.54) is 0 Å². The fourth-order valence-corrected chi connectivity index (χ4v) is 2.85. The first-order chi connectivity index (χ1) is 10.3. The zero-order valence-electron chi connectivity index (χ0n) is 12.3. The summed E-state index contributed by atoms with van der Waals surface area (Å²) >= 11 is 3.46. The number of esters is 1. The molecule has 0 N–H and O–H groups in total. The topological polar surface area (TPSA) is 41.9 Å². The van der Waals surface area contributed by atoms with Crippen LogP contribution in [-0.2, 0) is 9.53 Å². The second-order valence-electron chi connectivity index (χ2n) is 4.99. The lowest BCUT2D eigenvalue weighted by Crippen LogP contribution is -2.26. The summed E-state index contributed by atoms with van der Waals surface area (Å²) in [4.78, 5) is 11.9. The van der Waals surface area contributed by atoms with E-state index in [9.17, 15) is 4.79 Å². The summed E-state index contributed by atoms with van der Waals surface area (Å²) in [5, 5.41) is 7.48. The molecule has 0 radical (unpaired) electrons. The van der Waals surface area contributed by atoms with Crippen molar-refractivity contribution >= 4 is 33.3 Å². The van der Waals surface area contributed by atoms with E-state index in [1.807, 2.05) is 42.3 Å². The molecular weight excluding hydrogens is 332 g/mol. The number of halogens is 1. The highest BCUT2D eigenvalue weighted by Crippen LogP contribution is 2.27. The highest BCUT2D eigenvalue weighted by Gasteiger charge is 2.31. The van der Waals surface area contributed by atoms with Gasteiger partial charge in [-0.15, -0.1) is 0 Å². The molecule has 5 heteroatoms. The van der Waals surface area contributed by atoms with E-state index in [4.69, 9.17) is 4.74 Å². The number of alkyl halides is 1. The lowest BCUT2D eigenvalue weighted by molar-refractivity contribution is -0.135. The van der Waals surface area contributed by atoms with E-state index in [-0.39, 0.29) is 12.0 Å². The van der Waals surface area contributed by atoms with Crippen LogP contribution in [-0.4, -0.2) is 29.7 Å². The van der Waals surface area contributed by atoms with Crippen LogP contribution in [0.25, 0.3) is 0 Å². The molecule has 1 atom stereocenters. The second-order valence-corrected chi connectivity index (χ2v) is 5.78. The molecule has 1 aliphatic heterocycles. The van der Waals surface area contributed by atoms with Crippen LogP contribution in [0.15, 0.2) is 35.4 Å². The Labute approximate surface area is 134 Å². The molecule has 1 heterocycles. The molecule has 1 unspecified atom stereocenters. The molecule has 0 amide bonds. The van der Waals surface area contributed by atoms with Crippen molar-refractivity contribution in [1.82, 2.24) is 0 Å². The van der Waals surface area contributed by atoms with E-state index in [0.29, 0.717) is 18.7 Å². The Bertz CT molecular complexity index is 490. The Kier molecular flexibility index (Phi) is 6.23. The van der Waals surface area contributed by atoms with E-state index in [1.54, 1.807) is 0 Å². The van der Waals surface area contributed by atoms with Gasteiger partial charge >= 0.3 is 5.97 Å². The van der Waals surface area contributed by atoms with Crippen LogP contribution in [0.5, 0.6) is 0 Å². The summed E-state index contributed by atoms with van der Waals surface area (Å²) in [6.45, 7) is 2.20. The number of carbonyl (C=O) groups is 1. The number of unbranched alkanes of at least 4 members (excludes halogenated alkanes) is 1. The number of rotatable bonds is 7. The molecule has 0 aliphatic carbocycles. The number of hydrogen-bond donors (Lipinski definition) is 0. The van der Waals surface area contributed by atoms with Gasteiger partial charge in [0.05, 0.1) is 18.3 Å². The summed E-state index contributed by atoms with van der Waals surface area (Å²) in [6, 6.07) is 10.2. The molecule has 1 aromatic rings. The van der Waals surface area contributed by atoms with E-state index in [0.717, 1.165) is 30.3 Å². The van der Waals surface area contributed by atoms with Crippen molar-refractivity contribution < 1.29 is 9.53 Å². The highest BCUT2D eigenvalue weighted by molar-refractivity contribution is 9.09. The maximum atomic E-state index is 11.9. The third kappa shape index (κ3) is 4.30. The van der Waals surface area contributed by atoms with Crippen molar-refractivity contribution in [3.63, 3.8) is 0 Å². The first kappa shape index (κ1) is 16.0. The average molecular weight is 353 g/mol. The van der Waals surface area contributed by atoms with Crippen LogP contribution in [0.3, 0.4) is 0 Å². The number of anilines is 1. The SMILES string of the molecule is CCOC(=O)C1=NN(c2ccccc2)C(CCCCBr)C1. The number of carbonyl (C=O) groups excluding carboxylic acids is 1. The highest BCUT2D eigenvalue weighted by atomic mass is 79.9. The summed E-state index contributed by atoms with van der Waals surface area (Å²) in [5.41, 5.74) is 1.56. The molecule has 0 spiro atoms. The minimum absolute atomic E-state index is 0.242. The Morgan fingerprint density at radius 3 is 2.81 bits per heavy atom. The lowest BCUT2D eigenvalue weighted by Gasteiger charge is -2.23.